The predicted octanol–water partition coefficient (Wildman–Crippen LogP) is 1.48. The van der Waals surface area contributed by atoms with Gasteiger partial charge in [0.1, 0.15) is 17.2 Å². The van der Waals surface area contributed by atoms with Crippen LogP contribution in [0.4, 0.5) is 5.69 Å². The molecule has 2 rings (SSSR count). The lowest BCUT2D eigenvalue weighted by molar-refractivity contribution is -0.00461. The standard InChI is InChI=1S/C14H20N2O2S/c1-9-4-5-10(14(15)19)11(6-9)16-7-12(17-2)13(8-16)18-3/h4-6,12-13H,7-8H2,1-3H3,(H2,15,19). The summed E-state index contributed by atoms with van der Waals surface area (Å²) in [6.07, 6.45) is 0.148. The fraction of sp³-hybridized carbons (Fsp3) is 0.500. The zero-order chi connectivity index (χ0) is 14.0. The Labute approximate surface area is 119 Å². The molecule has 1 fully saturated rings. The zero-order valence-electron chi connectivity index (χ0n) is 11.6. The molecular weight excluding hydrogens is 260 g/mol. The van der Waals surface area contributed by atoms with Crippen molar-refractivity contribution in [1.29, 1.82) is 0 Å². The molecule has 1 saturated heterocycles. The van der Waals surface area contributed by atoms with E-state index in [0.717, 1.165) is 24.3 Å². The van der Waals surface area contributed by atoms with Gasteiger partial charge in [0.15, 0.2) is 0 Å². The molecule has 19 heavy (non-hydrogen) atoms. The highest BCUT2D eigenvalue weighted by Crippen LogP contribution is 2.28. The molecule has 1 aromatic rings. The number of aryl methyl sites for hydroxylation is 1. The van der Waals surface area contributed by atoms with Crippen molar-refractivity contribution in [3.05, 3.63) is 29.3 Å². The van der Waals surface area contributed by atoms with Crippen LogP contribution in [-0.2, 0) is 9.47 Å². The molecule has 5 heteroatoms. The first-order valence-electron chi connectivity index (χ1n) is 6.27. The minimum Gasteiger partial charge on any atom is -0.389 e. The molecule has 4 nitrogen and oxygen atoms in total. The first kappa shape index (κ1) is 14.2. The third kappa shape index (κ3) is 2.88. The van der Waals surface area contributed by atoms with Crippen LogP contribution < -0.4 is 10.6 Å². The molecule has 0 saturated carbocycles. The third-order valence-corrected chi connectivity index (χ3v) is 3.80. The van der Waals surface area contributed by atoms with E-state index in [1.54, 1.807) is 14.2 Å². The van der Waals surface area contributed by atoms with Crippen LogP contribution >= 0.6 is 12.2 Å². The first-order valence-corrected chi connectivity index (χ1v) is 6.68. The van der Waals surface area contributed by atoms with E-state index in [0.29, 0.717) is 4.99 Å². The van der Waals surface area contributed by atoms with Gasteiger partial charge in [0.25, 0.3) is 0 Å². The van der Waals surface area contributed by atoms with E-state index in [1.807, 2.05) is 12.1 Å². The van der Waals surface area contributed by atoms with Crippen molar-refractivity contribution in [3.8, 4) is 0 Å². The van der Waals surface area contributed by atoms with Crippen molar-refractivity contribution in [3.63, 3.8) is 0 Å². The lowest BCUT2D eigenvalue weighted by Gasteiger charge is -2.22. The maximum absolute atomic E-state index is 5.81. The molecule has 1 aromatic carbocycles. The minimum atomic E-state index is 0.0738. The van der Waals surface area contributed by atoms with Crippen molar-refractivity contribution in [2.24, 2.45) is 5.73 Å². The fourth-order valence-corrected chi connectivity index (χ4v) is 2.68. The van der Waals surface area contributed by atoms with Crippen molar-refractivity contribution in [2.45, 2.75) is 19.1 Å². The van der Waals surface area contributed by atoms with E-state index in [4.69, 9.17) is 27.4 Å². The van der Waals surface area contributed by atoms with E-state index in [2.05, 4.69) is 17.9 Å². The summed E-state index contributed by atoms with van der Waals surface area (Å²) in [6.45, 7) is 3.63. The van der Waals surface area contributed by atoms with Gasteiger partial charge in [-0.15, -0.1) is 0 Å². The lowest BCUT2D eigenvalue weighted by Crippen LogP contribution is -2.27. The van der Waals surface area contributed by atoms with Gasteiger partial charge in [-0.25, -0.2) is 0 Å². The number of nitrogens with zero attached hydrogens (tertiary/aromatic N) is 1. The Morgan fingerprint density at radius 2 is 1.84 bits per heavy atom. The smallest absolute Gasteiger partial charge is 0.106 e. The third-order valence-electron chi connectivity index (χ3n) is 3.58. The van der Waals surface area contributed by atoms with Gasteiger partial charge in [-0.05, 0) is 24.6 Å². The summed E-state index contributed by atoms with van der Waals surface area (Å²) in [5.41, 5.74) is 8.97. The monoisotopic (exact) mass is 280 g/mol. The summed E-state index contributed by atoms with van der Waals surface area (Å²) in [5, 5.41) is 0. The normalized spacial score (nSPS) is 22.8. The second-order valence-electron chi connectivity index (χ2n) is 4.84. The molecule has 0 amide bonds. The largest absolute Gasteiger partial charge is 0.389 e. The molecule has 0 radical (unpaired) electrons. The van der Waals surface area contributed by atoms with Crippen molar-refractivity contribution in [2.75, 3.05) is 32.2 Å². The Balaban J connectivity index is 2.32. The van der Waals surface area contributed by atoms with Gasteiger partial charge in [-0.3, -0.25) is 0 Å². The molecule has 2 atom stereocenters. The minimum absolute atomic E-state index is 0.0738. The second kappa shape index (κ2) is 5.86. The van der Waals surface area contributed by atoms with Crippen LogP contribution in [0.5, 0.6) is 0 Å². The number of ether oxygens (including phenoxy) is 2. The molecule has 0 spiro atoms. The Hall–Kier alpha value is -1.17. The second-order valence-corrected chi connectivity index (χ2v) is 5.28. The summed E-state index contributed by atoms with van der Waals surface area (Å²) in [5.74, 6) is 0. The number of hydrogen-bond acceptors (Lipinski definition) is 4. The maximum atomic E-state index is 5.81. The van der Waals surface area contributed by atoms with Gasteiger partial charge in [-0.1, -0.05) is 18.3 Å². The van der Waals surface area contributed by atoms with E-state index < -0.39 is 0 Å². The number of hydrogen-bond donors (Lipinski definition) is 1. The fourth-order valence-electron chi connectivity index (χ4n) is 2.51. The molecule has 1 aliphatic heterocycles. The van der Waals surface area contributed by atoms with E-state index in [-0.39, 0.29) is 12.2 Å². The number of nitrogens with two attached hydrogens (primary N) is 1. The summed E-state index contributed by atoms with van der Waals surface area (Å²) in [7, 11) is 3.43. The molecule has 0 aliphatic carbocycles. The highest BCUT2D eigenvalue weighted by atomic mass is 32.1. The highest BCUT2D eigenvalue weighted by molar-refractivity contribution is 7.80. The topological polar surface area (TPSA) is 47.7 Å². The Morgan fingerprint density at radius 1 is 1.26 bits per heavy atom. The van der Waals surface area contributed by atoms with Crippen LogP contribution in [0.1, 0.15) is 11.1 Å². The van der Waals surface area contributed by atoms with Gasteiger partial charge < -0.3 is 20.1 Å². The molecule has 104 valence electrons. The number of benzene rings is 1. The number of thiocarbonyl (C=S) groups is 1. The van der Waals surface area contributed by atoms with Crippen molar-refractivity contribution >= 4 is 22.9 Å². The summed E-state index contributed by atoms with van der Waals surface area (Å²) in [6, 6.07) is 6.11. The quantitative estimate of drug-likeness (QED) is 0.847. The molecule has 0 bridgehead atoms. The average Bonchev–Trinajstić information content (AvgIpc) is 2.81. The molecule has 2 N–H and O–H groups in total. The first-order chi connectivity index (χ1) is 9.06. The Bertz CT molecular complexity index is 467. The van der Waals surface area contributed by atoms with E-state index in [9.17, 15) is 0 Å². The van der Waals surface area contributed by atoms with Crippen molar-refractivity contribution < 1.29 is 9.47 Å². The van der Waals surface area contributed by atoms with Crippen LogP contribution in [0, 0.1) is 6.92 Å². The average molecular weight is 280 g/mol. The number of methoxy groups -OCH3 is 2. The van der Waals surface area contributed by atoms with Gasteiger partial charge in [-0.2, -0.15) is 0 Å². The summed E-state index contributed by atoms with van der Waals surface area (Å²) < 4.78 is 10.9. The number of rotatable bonds is 4. The van der Waals surface area contributed by atoms with Gasteiger partial charge >= 0.3 is 0 Å². The highest BCUT2D eigenvalue weighted by Gasteiger charge is 2.34. The van der Waals surface area contributed by atoms with Gasteiger partial charge in [0.05, 0.1) is 0 Å². The van der Waals surface area contributed by atoms with Gasteiger partial charge in [0, 0.05) is 38.6 Å². The Kier molecular flexibility index (Phi) is 4.39. The van der Waals surface area contributed by atoms with E-state index >= 15 is 0 Å². The summed E-state index contributed by atoms with van der Waals surface area (Å²) >= 11 is 5.13. The van der Waals surface area contributed by atoms with Crippen LogP contribution in [0.15, 0.2) is 18.2 Å². The van der Waals surface area contributed by atoms with Crippen LogP contribution in [-0.4, -0.2) is 44.5 Å². The van der Waals surface area contributed by atoms with Crippen LogP contribution in [0.2, 0.25) is 0 Å². The Morgan fingerprint density at radius 3 is 2.32 bits per heavy atom. The predicted molar refractivity (Wildman–Crippen MR) is 80.9 cm³/mol. The molecule has 2 unspecified atom stereocenters. The lowest BCUT2D eigenvalue weighted by atomic mass is 10.1. The van der Waals surface area contributed by atoms with Crippen molar-refractivity contribution in [1.82, 2.24) is 0 Å². The SMILES string of the molecule is COC1CN(c2cc(C)ccc2C(N)=S)CC1OC. The van der Waals surface area contributed by atoms with Crippen LogP contribution in [0.3, 0.4) is 0 Å². The zero-order valence-corrected chi connectivity index (χ0v) is 12.4. The molecule has 0 aromatic heterocycles. The summed E-state index contributed by atoms with van der Waals surface area (Å²) in [4.78, 5) is 2.65. The molecular formula is C14H20N2O2S. The molecule has 1 heterocycles. The number of anilines is 1. The molecule has 1 aliphatic rings. The van der Waals surface area contributed by atoms with Gasteiger partial charge in [0.2, 0.25) is 0 Å². The van der Waals surface area contributed by atoms with Crippen LogP contribution in [0.25, 0.3) is 0 Å². The van der Waals surface area contributed by atoms with E-state index in [1.165, 1.54) is 5.56 Å². The maximum Gasteiger partial charge on any atom is 0.106 e.